The van der Waals surface area contributed by atoms with E-state index in [1.807, 2.05) is 0 Å². The molecule has 3 heteroatoms. The molecule has 0 saturated carbocycles. The van der Waals surface area contributed by atoms with Crippen molar-refractivity contribution in [1.29, 1.82) is 0 Å². The maximum Gasteiger partial charge on any atom is 0.0318 e. The first kappa shape index (κ1) is 16.6. The summed E-state index contributed by atoms with van der Waals surface area (Å²) in [5.41, 5.74) is 2.62. The number of benzene rings is 2. The van der Waals surface area contributed by atoms with Gasteiger partial charge in [0, 0.05) is 20.3 Å². The Morgan fingerprint density at radius 3 is 2.48 bits per heavy atom. The molecular weight excluding hydrogens is 342 g/mol. The van der Waals surface area contributed by atoms with Crippen LogP contribution in [0.2, 0.25) is 0 Å². The molecule has 2 aromatic carbocycles. The fourth-order valence-electron chi connectivity index (χ4n) is 2.08. The highest BCUT2D eigenvalue weighted by Gasteiger charge is 2.08. The predicted octanol–water partition coefficient (Wildman–Crippen LogP) is 5.97. The standard InChI is InChI=1S/C18H22BrNS/c1-4-11-20-14(3)15-7-10-18(17(19)12-15)21-16-8-5-13(2)6-9-16/h5-10,12,14,20H,4,11H2,1-3H3. The van der Waals surface area contributed by atoms with Crippen LogP contribution in [0.25, 0.3) is 0 Å². The van der Waals surface area contributed by atoms with E-state index in [1.165, 1.54) is 20.9 Å². The lowest BCUT2D eigenvalue weighted by molar-refractivity contribution is 0.570. The zero-order valence-corrected chi connectivity index (χ0v) is 15.2. The number of nitrogens with one attached hydrogen (secondary N) is 1. The van der Waals surface area contributed by atoms with Crippen LogP contribution < -0.4 is 5.32 Å². The summed E-state index contributed by atoms with van der Waals surface area (Å²) < 4.78 is 1.16. The molecule has 2 aromatic rings. The number of rotatable bonds is 6. The molecule has 1 nitrogen and oxygen atoms in total. The first-order valence-electron chi connectivity index (χ1n) is 7.37. The van der Waals surface area contributed by atoms with Crippen molar-refractivity contribution in [2.45, 2.75) is 43.0 Å². The molecule has 0 aliphatic heterocycles. The van der Waals surface area contributed by atoms with E-state index in [0.29, 0.717) is 6.04 Å². The van der Waals surface area contributed by atoms with Gasteiger partial charge in [0.05, 0.1) is 0 Å². The summed E-state index contributed by atoms with van der Waals surface area (Å²) in [5.74, 6) is 0. The van der Waals surface area contributed by atoms with Gasteiger partial charge in [0.25, 0.3) is 0 Å². The fraction of sp³-hybridized carbons (Fsp3) is 0.333. The molecule has 1 N–H and O–H groups in total. The molecule has 1 unspecified atom stereocenters. The highest BCUT2D eigenvalue weighted by Crippen LogP contribution is 2.35. The summed E-state index contributed by atoms with van der Waals surface area (Å²) in [5, 5.41) is 3.52. The lowest BCUT2D eigenvalue weighted by Crippen LogP contribution is -2.19. The third-order valence-electron chi connectivity index (χ3n) is 3.41. The normalized spacial score (nSPS) is 12.4. The topological polar surface area (TPSA) is 12.0 Å². The van der Waals surface area contributed by atoms with Crippen molar-refractivity contribution in [2.24, 2.45) is 0 Å². The Morgan fingerprint density at radius 2 is 1.86 bits per heavy atom. The van der Waals surface area contributed by atoms with Crippen molar-refractivity contribution in [3.8, 4) is 0 Å². The summed E-state index contributed by atoms with van der Waals surface area (Å²) in [7, 11) is 0. The molecule has 0 bridgehead atoms. The van der Waals surface area contributed by atoms with Crippen molar-refractivity contribution in [3.05, 3.63) is 58.1 Å². The minimum absolute atomic E-state index is 0.389. The second-order valence-electron chi connectivity index (χ2n) is 5.28. The zero-order chi connectivity index (χ0) is 15.2. The number of hydrogen-bond donors (Lipinski definition) is 1. The van der Waals surface area contributed by atoms with Crippen molar-refractivity contribution < 1.29 is 0 Å². The molecule has 0 saturated heterocycles. The quantitative estimate of drug-likeness (QED) is 0.678. The molecule has 2 rings (SSSR count). The number of hydrogen-bond acceptors (Lipinski definition) is 2. The molecule has 1 atom stereocenters. The van der Waals surface area contributed by atoms with Gasteiger partial charge >= 0.3 is 0 Å². The summed E-state index contributed by atoms with van der Waals surface area (Å²) in [6, 6.07) is 15.7. The SMILES string of the molecule is CCCNC(C)c1ccc(Sc2ccc(C)cc2)c(Br)c1. The molecule has 112 valence electrons. The van der Waals surface area contributed by atoms with E-state index in [4.69, 9.17) is 0 Å². The van der Waals surface area contributed by atoms with Gasteiger partial charge in [-0.25, -0.2) is 0 Å². The molecule has 0 aromatic heterocycles. The van der Waals surface area contributed by atoms with Gasteiger partial charge in [-0.1, -0.05) is 42.4 Å². The maximum absolute atomic E-state index is 3.71. The average molecular weight is 364 g/mol. The van der Waals surface area contributed by atoms with Gasteiger partial charge in [0.15, 0.2) is 0 Å². The van der Waals surface area contributed by atoms with Gasteiger partial charge in [-0.3, -0.25) is 0 Å². The molecule has 21 heavy (non-hydrogen) atoms. The van der Waals surface area contributed by atoms with Gasteiger partial charge in [-0.05, 0) is 72.6 Å². The van der Waals surface area contributed by atoms with Gasteiger partial charge in [0.2, 0.25) is 0 Å². The van der Waals surface area contributed by atoms with Gasteiger partial charge in [0.1, 0.15) is 0 Å². The Hall–Kier alpha value is -0.770. The van der Waals surface area contributed by atoms with Gasteiger partial charge in [-0.15, -0.1) is 0 Å². The Balaban J connectivity index is 2.10. The molecule has 0 aliphatic carbocycles. The van der Waals surface area contributed by atoms with Crippen LogP contribution in [-0.4, -0.2) is 6.54 Å². The maximum atomic E-state index is 3.71. The Kier molecular flexibility index (Phi) is 6.34. The van der Waals surface area contributed by atoms with Crippen LogP contribution in [0.3, 0.4) is 0 Å². The van der Waals surface area contributed by atoms with Gasteiger partial charge < -0.3 is 5.32 Å². The van der Waals surface area contributed by atoms with E-state index in [2.05, 4.69) is 84.5 Å². The predicted molar refractivity (Wildman–Crippen MR) is 96.2 cm³/mol. The molecule has 0 amide bonds. The van der Waals surface area contributed by atoms with Gasteiger partial charge in [-0.2, -0.15) is 0 Å². The Bertz CT molecular complexity index is 580. The van der Waals surface area contributed by atoms with E-state index in [1.54, 1.807) is 11.8 Å². The lowest BCUT2D eigenvalue weighted by atomic mass is 10.1. The third-order valence-corrected chi connectivity index (χ3v) is 5.41. The zero-order valence-electron chi connectivity index (χ0n) is 12.8. The van der Waals surface area contributed by atoms with E-state index in [9.17, 15) is 0 Å². The van der Waals surface area contributed by atoms with Crippen LogP contribution in [0.15, 0.2) is 56.7 Å². The van der Waals surface area contributed by atoms with E-state index in [0.717, 1.165) is 17.4 Å². The highest BCUT2D eigenvalue weighted by atomic mass is 79.9. The van der Waals surface area contributed by atoms with Crippen molar-refractivity contribution in [3.63, 3.8) is 0 Å². The Morgan fingerprint density at radius 1 is 1.14 bits per heavy atom. The van der Waals surface area contributed by atoms with Crippen molar-refractivity contribution in [1.82, 2.24) is 5.32 Å². The minimum atomic E-state index is 0.389. The minimum Gasteiger partial charge on any atom is -0.310 e. The molecule has 0 aliphatic rings. The van der Waals surface area contributed by atoms with Crippen LogP contribution in [0.4, 0.5) is 0 Å². The van der Waals surface area contributed by atoms with Crippen LogP contribution in [-0.2, 0) is 0 Å². The summed E-state index contributed by atoms with van der Waals surface area (Å²) in [6.45, 7) is 7.57. The van der Waals surface area contributed by atoms with Crippen LogP contribution >= 0.6 is 27.7 Å². The molecule has 0 fully saturated rings. The van der Waals surface area contributed by atoms with E-state index < -0.39 is 0 Å². The first-order valence-corrected chi connectivity index (χ1v) is 8.98. The second kappa shape index (κ2) is 8.02. The van der Waals surface area contributed by atoms with Crippen molar-refractivity contribution in [2.75, 3.05) is 6.54 Å². The lowest BCUT2D eigenvalue weighted by Gasteiger charge is -2.15. The van der Waals surface area contributed by atoms with E-state index in [-0.39, 0.29) is 0 Å². The third kappa shape index (κ3) is 4.87. The second-order valence-corrected chi connectivity index (χ2v) is 7.25. The largest absolute Gasteiger partial charge is 0.310 e. The molecular formula is C18H22BrNS. The van der Waals surface area contributed by atoms with Crippen LogP contribution in [0.1, 0.15) is 37.4 Å². The Labute approximate surface area is 140 Å². The number of aryl methyl sites for hydroxylation is 1. The monoisotopic (exact) mass is 363 g/mol. The summed E-state index contributed by atoms with van der Waals surface area (Å²) in [6.07, 6.45) is 1.16. The summed E-state index contributed by atoms with van der Waals surface area (Å²) in [4.78, 5) is 2.52. The fourth-order valence-corrected chi connectivity index (χ4v) is 3.54. The van der Waals surface area contributed by atoms with E-state index >= 15 is 0 Å². The molecule has 0 radical (unpaired) electrons. The van der Waals surface area contributed by atoms with Crippen LogP contribution in [0, 0.1) is 6.92 Å². The number of halogens is 1. The average Bonchev–Trinajstić information content (AvgIpc) is 2.49. The van der Waals surface area contributed by atoms with Crippen LogP contribution in [0.5, 0.6) is 0 Å². The highest BCUT2D eigenvalue weighted by molar-refractivity contribution is 9.10. The first-order chi connectivity index (χ1) is 10.1. The smallest absolute Gasteiger partial charge is 0.0318 e. The molecule has 0 spiro atoms. The van der Waals surface area contributed by atoms with Crippen molar-refractivity contribution >= 4 is 27.7 Å². The summed E-state index contributed by atoms with van der Waals surface area (Å²) >= 11 is 5.50. The molecule has 0 heterocycles.